The zero-order valence-corrected chi connectivity index (χ0v) is 14.4. The van der Waals surface area contributed by atoms with E-state index in [1.165, 1.54) is 7.11 Å². The van der Waals surface area contributed by atoms with Gasteiger partial charge in [0.15, 0.2) is 0 Å². The maximum absolute atomic E-state index is 12.9. The van der Waals surface area contributed by atoms with Crippen molar-refractivity contribution in [1.82, 2.24) is 4.31 Å². The van der Waals surface area contributed by atoms with Gasteiger partial charge in [0, 0.05) is 13.7 Å². The fourth-order valence-corrected chi connectivity index (χ4v) is 4.33. The van der Waals surface area contributed by atoms with E-state index in [9.17, 15) is 17.2 Å². The molecule has 7 heteroatoms. The van der Waals surface area contributed by atoms with E-state index >= 15 is 0 Å². The highest BCUT2D eigenvalue weighted by atomic mass is 32.2. The summed E-state index contributed by atoms with van der Waals surface area (Å²) in [6.07, 6.45) is -2.74. The van der Waals surface area contributed by atoms with Gasteiger partial charge in [0.25, 0.3) is 6.43 Å². The zero-order valence-electron chi connectivity index (χ0n) is 13.6. The predicted octanol–water partition coefficient (Wildman–Crippen LogP) is 2.82. The number of alkyl halides is 2. The van der Waals surface area contributed by atoms with Crippen LogP contribution in [0.2, 0.25) is 0 Å². The van der Waals surface area contributed by atoms with Crippen LogP contribution in [0, 0.1) is 27.7 Å². The Morgan fingerprint density at radius 1 is 1.14 bits per heavy atom. The number of hydrogen-bond donors (Lipinski definition) is 0. The smallest absolute Gasteiger partial charge is 0.252 e. The molecule has 0 unspecified atom stereocenters. The third kappa shape index (κ3) is 4.02. The summed E-state index contributed by atoms with van der Waals surface area (Å²) in [5, 5.41) is 0. The van der Waals surface area contributed by atoms with Gasteiger partial charge in [-0.05, 0) is 49.9 Å². The summed E-state index contributed by atoms with van der Waals surface area (Å²) in [6.45, 7) is 6.15. The zero-order chi connectivity index (χ0) is 17.1. The van der Waals surface area contributed by atoms with Gasteiger partial charge in [-0.25, -0.2) is 17.2 Å². The van der Waals surface area contributed by atoms with Crippen molar-refractivity contribution < 1.29 is 21.9 Å². The van der Waals surface area contributed by atoms with Gasteiger partial charge in [0.2, 0.25) is 10.0 Å². The molecule has 1 aromatic rings. The van der Waals surface area contributed by atoms with Crippen LogP contribution in [0.3, 0.4) is 0 Å². The van der Waals surface area contributed by atoms with Crippen molar-refractivity contribution in [2.45, 2.75) is 39.0 Å². The van der Waals surface area contributed by atoms with Crippen LogP contribution in [-0.2, 0) is 14.8 Å². The molecule has 0 atom stereocenters. The normalized spacial score (nSPS) is 12.4. The Kier molecular flexibility index (Phi) is 6.46. The minimum absolute atomic E-state index is 0.0643. The SMILES string of the molecule is COCCN(CC(F)F)S(=O)(=O)c1c(C)c(C)cc(C)c1C. The van der Waals surface area contributed by atoms with E-state index in [4.69, 9.17) is 4.74 Å². The summed E-state index contributed by atoms with van der Waals surface area (Å²) in [6, 6.07) is 1.90. The number of aryl methyl sites for hydroxylation is 2. The van der Waals surface area contributed by atoms with Gasteiger partial charge in [-0.2, -0.15) is 4.31 Å². The molecule has 1 aromatic carbocycles. The van der Waals surface area contributed by atoms with Crippen molar-refractivity contribution in [3.8, 4) is 0 Å². The average Bonchev–Trinajstić information content (AvgIpc) is 2.40. The van der Waals surface area contributed by atoms with Gasteiger partial charge in [-0.1, -0.05) is 6.07 Å². The Labute approximate surface area is 131 Å². The lowest BCUT2D eigenvalue weighted by Gasteiger charge is -2.25. The molecule has 0 radical (unpaired) electrons. The van der Waals surface area contributed by atoms with Crippen molar-refractivity contribution in [2.75, 3.05) is 26.8 Å². The second kappa shape index (κ2) is 7.48. The fraction of sp³-hybridized carbons (Fsp3) is 0.600. The highest BCUT2D eigenvalue weighted by Crippen LogP contribution is 2.29. The molecule has 0 saturated heterocycles. The Bertz CT molecular complexity index is 604. The Morgan fingerprint density at radius 2 is 1.64 bits per heavy atom. The van der Waals surface area contributed by atoms with Gasteiger partial charge in [-0.15, -0.1) is 0 Å². The molecule has 0 aliphatic heterocycles. The molecule has 126 valence electrons. The summed E-state index contributed by atoms with van der Waals surface area (Å²) < 4.78 is 56.9. The molecule has 0 aliphatic rings. The van der Waals surface area contributed by atoms with E-state index in [0.29, 0.717) is 11.1 Å². The van der Waals surface area contributed by atoms with Crippen LogP contribution in [0.5, 0.6) is 0 Å². The van der Waals surface area contributed by atoms with Crippen molar-refractivity contribution in [1.29, 1.82) is 0 Å². The molecule has 0 saturated carbocycles. The molecule has 4 nitrogen and oxygen atoms in total. The van der Waals surface area contributed by atoms with E-state index in [0.717, 1.165) is 15.4 Å². The van der Waals surface area contributed by atoms with Crippen molar-refractivity contribution >= 4 is 10.0 Å². The summed E-state index contributed by atoms with van der Waals surface area (Å²) in [5.74, 6) is 0. The quantitative estimate of drug-likeness (QED) is 0.770. The highest BCUT2D eigenvalue weighted by Gasteiger charge is 2.30. The second-order valence-electron chi connectivity index (χ2n) is 5.34. The van der Waals surface area contributed by atoms with Gasteiger partial charge < -0.3 is 4.74 Å². The number of rotatable bonds is 7. The molecule has 22 heavy (non-hydrogen) atoms. The van der Waals surface area contributed by atoms with Crippen LogP contribution in [0.1, 0.15) is 22.3 Å². The monoisotopic (exact) mass is 335 g/mol. The van der Waals surface area contributed by atoms with E-state index in [1.807, 2.05) is 19.9 Å². The summed E-state index contributed by atoms with van der Waals surface area (Å²) in [4.78, 5) is 0.127. The molecule has 0 amide bonds. The summed E-state index contributed by atoms with van der Waals surface area (Å²) in [7, 11) is -2.60. The lowest BCUT2D eigenvalue weighted by atomic mass is 10.0. The van der Waals surface area contributed by atoms with Crippen molar-refractivity contribution in [3.63, 3.8) is 0 Å². The third-order valence-corrected chi connectivity index (χ3v) is 5.92. The number of halogens is 2. The van der Waals surface area contributed by atoms with Crippen LogP contribution >= 0.6 is 0 Å². The minimum Gasteiger partial charge on any atom is -0.383 e. The predicted molar refractivity (Wildman–Crippen MR) is 82.0 cm³/mol. The molecule has 1 rings (SSSR count). The maximum atomic E-state index is 12.9. The highest BCUT2D eigenvalue weighted by molar-refractivity contribution is 7.89. The molecule has 0 heterocycles. The van der Waals surface area contributed by atoms with E-state index in [2.05, 4.69) is 0 Å². The Balaban J connectivity index is 3.42. The number of sulfonamides is 1. The first-order valence-corrected chi connectivity index (χ1v) is 8.41. The Morgan fingerprint density at radius 3 is 2.05 bits per heavy atom. The topological polar surface area (TPSA) is 46.6 Å². The number of methoxy groups -OCH3 is 1. The van der Waals surface area contributed by atoms with Crippen LogP contribution in [0.15, 0.2) is 11.0 Å². The van der Waals surface area contributed by atoms with E-state index < -0.39 is 23.0 Å². The van der Waals surface area contributed by atoms with Gasteiger partial charge in [0.05, 0.1) is 18.0 Å². The first-order chi connectivity index (χ1) is 10.1. The lowest BCUT2D eigenvalue weighted by molar-refractivity contribution is 0.106. The third-order valence-electron chi connectivity index (χ3n) is 3.78. The van der Waals surface area contributed by atoms with Gasteiger partial charge >= 0.3 is 0 Å². The van der Waals surface area contributed by atoms with Crippen LogP contribution < -0.4 is 0 Å². The number of hydrogen-bond acceptors (Lipinski definition) is 3. The molecule has 0 N–H and O–H groups in total. The number of ether oxygens (including phenoxy) is 1. The van der Waals surface area contributed by atoms with Gasteiger partial charge in [-0.3, -0.25) is 0 Å². The van der Waals surface area contributed by atoms with Crippen molar-refractivity contribution in [2.24, 2.45) is 0 Å². The summed E-state index contributed by atoms with van der Waals surface area (Å²) in [5.41, 5.74) is 2.84. The van der Waals surface area contributed by atoms with Crippen LogP contribution in [-0.4, -0.2) is 46.0 Å². The molecule has 0 spiro atoms. The van der Waals surface area contributed by atoms with Crippen LogP contribution in [0.4, 0.5) is 8.78 Å². The van der Waals surface area contributed by atoms with E-state index in [-0.39, 0.29) is 18.0 Å². The molecule has 0 aromatic heterocycles. The Hall–Kier alpha value is -1.05. The molecule has 0 bridgehead atoms. The first-order valence-electron chi connectivity index (χ1n) is 6.97. The largest absolute Gasteiger partial charge is 0.383 e. The second-order valence-corrected chi connectivity index (χ2v) is 7.21. The maximum Gasteiger partial charge on any atom is 0.252 e. The minimum atomic E-state index is -4.00. The number of nitrogens with zero attached hydrogens (tertiary/aromatic N) is 1. The van der Waals surface area contributed by atoms with Gasteiger partial charge in [0.1, 0.15) is 0 Å². The van der Waals surface area contributed by atoms with Crippen molar-refractivity contribution in [3.05, 3.63) is 28.3 Å². The molecule has 0 aliphatic carbocycles. The summed E-state index contributed by atoms with van der Waals surface area (Å²) >= 11 is 0. The van der Waals surface area contributed by atoms with Crippen LogP contribution in [0.25, 0.3) is 0 Å². The molecular weight excluding hydrogens is 312 g/mol. The van der Waals surface area contributed by atoms with E-state index in [1.54, 1.807) is 13.8 Å². The molecular formula is C15H23F2NO3S. The fourth-order valence-electron chi connectivity index (χ4n) is 2.35. The standard InChI is InChI=1S/C15H23F2NO3S/c1-10-8-11(2)13(4)15(12(10)3)22(19,20)18(6-7-21-5)9-14(16)17/h8,14H,6-7,9H2,1-5H3. The molecule has 0 fully saturated rings. The average molecular weight is 335 g/mol. The number of benzene rings is 1. The lowest BCUT2D eigenvalue weighted by Crippen LogP contribution is -2.38. The first kappa shape index (κ1) is 19.0.